The van der Waals surface area contributed by atoms with E-state index in [9.17, 15) is 9.90 Å². The molecule has 0 spiro atoms. The molecule has 1 saturated heterocycles. The lowest BCUT2D eigenvalue weighted by atomic mass is 9.98. The van der Waals surface area contributed by atoms with E-state index in [2.05, 4.69) is 57.9 Å². The van der Waals surface area contributed by atoms with E-state index in [-0.39, 0.29) is 24.8 Å². The van der Waals surface area contributed by atoms with Crippen LogP contribution in [0.2, 0.25) is 0 Å². The van der Waals surface area contributed by atoms with E-state index in [0.717, 1.165) is 64.3 Å². The molecule has 9 nitrogen and oxygen atoms in total. The number of benzene rings is 5. The summed E-state index contributed by atoms with van der Waals surface area (Å²) in [4.78, 5) is 19.6. The van der Waals surface area contributed by atoms with Crippen LogP contribution in [-0.4, -0.2) is 47.3 Å². The smallest absolute Gasteiger partial charge is 0.319 e. The number of hydrogen-bond donors (Lipinski definition) is 3. The zero-order valence-electron chi connectivity index (χ0n) is 30.9. The van der Waals surface area contributed by atoms with Crippen molar-refractivity contribution in [2.45, 2.75) is 44.5 Å². The highest BCUT2D eigenvalue weighted by Crippen LogP contribution is 2.39. The predicted octanol–water partition coefficient (Wildman–Crippen LogP) is 9.07. The minimum atomic E-state index is -0.571. The van der Waals surface area contributed by atoms with Gasteiger partial charge in [-0.15, -0.1) is 0 Å². The SMILES string of the molecule is CN(CCc1ccccn1)CC1CC(c2ccc(CO)cc2)OC(c2cccc(-c3cccc(CNC(=O)Nc4ccc(Oc5ccccc5)cc4)c3)c2)O1. The summed E-state index contributed by atoms with van der Waals surface area (Å²) in [5.74, 6) is 1.44. The first-order valence-electron chi connectivity index (χ1n) is 18.6. The molecule has 0 bridgehead atoms. The number of para-hydroxylation sites is 1. The van der Waals surface area contributed by atoms with Crippen LogP contribution in [0.1, 0.15) is 46.8 Å². The molecule has 0 saturated carbocycles. The van der Waals surface area contributed by atoms with E-state index in [1.54, 1.807) is 0 Å². The summed E-state index contributed by atoms with van der Waals surface area (Å²) >= 11 is 0. The molecule has 55 heavy (non-hydrogen) atoms. The zero-order chi connectivity index (χ0) is 37.8. The molecule has 0 aliphatic carbocycles. The number of likely N-dealkylation sites (N-methyl/N-ethyl adjacent to an activating group) is 1. The van der Waals surface area contributed by atoms with Gasteiger partial charge in [0.2, 0.25) is 0 Å². The Labute approximate surface area is 322 Å². The third-order valence-electron chi connectivity index (χ3n) is 9.57. The molecule has 3 N–H and O–H groups in total. The number of nitrogens with one attached hydrogen (secondary N) is 2. The molecule has 2 heterocycles. The van der Waals surface area contributed by atoms with Crippen molar-refractivity contribution in [3.63, 3.8) is 0 Å². The van der Waals surface area contributed by atoms with Gasteiger partial charge in [0.1, 0.15) is 11.5 Å². The summed E-state index contributed by atoms with van der Waals surface area (Å²) in [6.45, 7) is 1.96. The van der Waals surface area contributed by atoms with E-state index in [0.29, 0.717) is 24.4 Å². The molecule has 1 aliphatic rings. The van der Waals surface area contributed by atoms with E-state index in [4.69, 9.17) is 14.2 Å². The molecule has 1 fully saturated rings. The minimum Gasteiger partial charge on any atom is -0.457 e. The van der Waals surface area contributed by atoms with Gasteiger partial charge in [0.15, 0.2) is 6.29 Å². The fraction of sp³-hybridized carbons (Fsp3) is 0.217. The molecule has 2 amide bonds. The quantitative estimate of drug-likeness (QED) is 0.103. The lowest BCUT2D eigenvalue weighted by Gasteiger charge is -2.38. The summed E-state index contributed by atoms with van der Waals surface area (Å²) in [7, 11) is 2.12. The van der Waals surface area contributed by atoms with Crippen LogP contribution in [0.5, 0.6) is 11.5 Å². The van der Waals surface area contributed by atoms with Gasteiger partial charge in [0, 0.05) is 55.6 Å². The Balaban J connectivity index is 0.993. The van der Waals surface area contributed by atoms with Gasteiger partial charge in [-0.3, -0.25) is 4.98 Å². The van der Waals surface area contributed by atoms with Crippen molar-refractivity contribution in [1.82, 2.24) is 15.2 Å². The number of aromatic nitrogens is 1. The standard InChI is InChI=1S/C46H46N4O5/c1-50(26-24-39-13-5-6-25-47-39)31-43-29-44(35-18-16-33(32-51)17-19-35)55-45(54-43)38-12-8-11-37(28-38)36-10-7-9-34(27-36)30-48-46(52)49-40-20-22-42(23-21-40)53-41-14-3-2-4-15-41/h2-23,25,27-28,43-45,51H,24,26,29-32H2,1H3,(H2,48,49,52). The van der Waals surface area contributed by atoms with Gasteiger partial charge in [-0.05, 0) is 95.5 Å². The Morgan fingerprint density at radius 3 is 2.29 bits per heavy atom. The van der Waals surface area contributed by atoms with Crippen LogP contribution in [-0.2, 0) is 29.0 Å². The van der Waals surface area contributed by atoms with Crippen LogP contribution in [0, 0.1) is 0 Å². The molecule has 0 radical (unpaired) electrons. The number of amides is 2. The van der Waals surface area contributed by atoms with Crippen molar-refractivity contribution >= 4 is 11.7 Å². The van der Waals surface area contributed by atoms with Crippen LogP contribution in [0.3, 0.4) is 0 Å². The maximum atomic E-state index is 12.8. The second-order valence-electron chi connectivity index (χ2n) is 13.8. The van der Waals surface area contributed by atoms with Crippen molar-refractivity contribution in [2.24, 2.45) is 0 Å². The van der Waals surface area contributed by atoms with Gasteiger partial charge in [0.25, 0.3) is 0 Å². The first kappa shape index (κ1) is 37.5. The monoisotopic (exact) mass is 734 g/mol. The maximum Gasteiger partial charge on any atom is 0.319 e. The first-order valence-corrected chi connectivity index (χ1v) is 18.6. The van der Waals surface area contributed by atoms with Crippen LogP contribution in [0.25, 0.3) is 11.1 Å². The van der Waals surface area contributed by atoms with Crippen LogP contribution in [0.4, 0.5) is 10.5 Å². The fourth-order valence-corrected chi connectivity index (χ4v) is 6.64. The van der Waals surface area contributed by atoms with Crippen molar-refractivity contribution in [3.8, 4) is 22.6 Å². The number of rotatable bonds is 14. The number of pyridine rings is 1. The second kappa shape index (κ2) is 18.5. The second-order valence-corrected chi connectivity index (χ2v) is 13.8. The number of anilines is 1. The molecule has 5 aromatic carbocycles. The Hall–Kier alpha value is -5.84. The average Bonchev–Trinajstić information content (AvgIpc) is 3.24. The van der Waals surface area contributed by atoms with Crippen LogP contribution >= 0.6 is 0 Å². The molecule has 7 rings (SSSR count). The van der Waals surface area contributed by atoms with Gasteiger partial charge < -0.3 is 34.9 Å². The lowest BCUT2D eigenvalue weighted by Crippen LogP contribution is -2.38. The molecule has 9 heteroatoms. The molecule has 3 atom stereocenters. The highest BCUT2D eigenvalue weighted by atomic mass is 16.7. The number of ether oxygens (including phenoxy) is 3. The van der Waals surface area contributed by atoms with Crippen molar-refractivity contribution in [1.29, 1.82) is 0 Å². The Morgan fingerprint density at radius 2 is 1.53 bits per heavy atom. The summed E-state index contributed by atoms with van der Waals surface area (Å²) < 4.78 is 19.2. The van der Waals surface area contributed by atoms with E-state index in [1.807, 2.05) is 121 Å². The predicted molar refractivity (Wildman–Crippen MR) is 215 cm³/mol. The van der Waals surface area contributed by atoms with Gasteiger partial charge in [-0.2, -0.15) is 0 Å². The summed E-state index contributed by atoms with van der Waals surface area (Å²) in [5, 5.41) is 15.5. The summed E-state index contributed by atoms with van der Waals surface area (Å²) in [6.07, 6.45) is 2.58. The lowest BCUT2D eigenvalue weighted by molar-refractivity contribution is -0.252. The summed E-state index contributed by atoms with van der Waals surface area (Å²) in [6, 6.07) is 46.9. The largest absolute Gasteiger partial charge is 0.457 e. The minimum absolute atomic E-state index is 0.00103. The molecular weight excluding hydrogens is 689 g/mol. The van der Waals surface area contributed by atoms with Crippen molar-refractivity contribution in [3.05, 3.63) is 180 Å². The number of nitrogens with zero attached hydrogens (tertiary/aromatic N) is 2. The number of aliphatic hydroxyl groups excluding tert-OH is 1. The van der Waals surface area contributed by atoms with E-state index >= 15 is 0 Å². The number of aliphatic hydroxyl groups is 1. The first-order chi connectivity index (χ1) is 27.0. The Bertz CT molecular complexity index is 2110. The molecule has 3 unspecified atom stereocenters. The van der Waals surface area contributed by atoms with E-state index in [1.165, 1.54) is 0 Å². The number of hydrogen-bond acceptors (Lipinski definition) is 7. The fourth-order valence-electron chi connectivity index (χ4n) is 6.64. The average molecular weight is 735 g/mol. The topological polar surface area (TPSA) is 105 Å². The maximum absolute atomic E-state index is 12.8. The normalized spacial score (nSPS) is 16.7. The molecule has 6 aromatic rings. The van der Waals surface area contributed by atoms with Gasteiger partial charge in [-0.1, -0.05) is 84.9 Å². The zero-order valence-corrected chi connectivity index (χ0v) is 30.9. The Kier molecular flexibility index (Phi) is 12.6. The molecule has 1 aromatic heterocycles. The Morgan fingerprint density at radius 1 is 0.782 bits per heavy atom. The highest BCUT2D eigenvalue weighted by molar-refractivity contribution is 5.89. The van der Waals surface area contributed by atoms with E-state index < -0.39 is 6.29 Å². The number of urea groups is 1. The van der Waals surface area contributed by atoms with Gasteiger partial charge in [-0.25, -0.2) is 4.79 Å². The number of carbonyl (C=O) groups is 1. The molecule has 1 aliphatic heterocycles. The highest BCUT2D eigenvalue weighted by Gasteiger charge is 2.33. The van der Waals surface area contributed by atoms with Gasteiger partial charge >= 0.3 is 6.03 Å². The molecular formula is C46H46N4O5. The van der Waals surface area contributed by atoms with Crippen molar-refractivity contribution in [2.75, 3.05) is 25.5 Å². The van der Waals surface area contributed by atoms with Gasteiger partial charge in [0.05, 0.1) is 18.8 Å². The molecule has 280 valence electrons. The third-order valence-corrected chi connectivity index (χ3v) is 9.57. The van der Waals surface area contributed by atoms with Crippen LogP contribution < -0.4 is 15.4 Å². The van der Waals surface area contributed by atoms with Crippen LogP contribution in [0.15, 0.2) is 152 Å². The summed E-state index contributed by atoms with van der Waals surface area (Å²) in [5.41, 5.74) is 7.59. The van der Waals surface area contributed by atoms with Crippen molar-refractivity contribution < 1.29 is 24.1 Å². The third kappa shape index (κ3) is 10.6. The number of carbonyl (C=O) groups excluding carboxylic acids is 1.